The maximum absolute atomic E-state index is 13.0. The van der Waals surface area contributed by atoms with E-state index in [4.69, 9.17) is 27.9 Å². The highest BCUT2D eigenvalue weighted by Gasteiger charge is 2.09. The average Bonchev–Trinajstić information content (AvgIpc) is 2.78. The molecule has 0 aliphatic heterocycles. The molecule has 9 heteroatoms. The maximum Gasteiger partial charge on any atom is 0.262 e. The number of rotatable bonds is 6. The number of nitrogens with zero attached hydrogens (tertiary/aromatic N) is 3. The smallest absolute Gasteiger partial charge is 0.262 e. The van der Waals surface area contributed by atoms with Crippen LogP contribution in [0, 0.1) is 0 Å². The van der Waals surface area contributed by atoms with E-state index in [1.165, 1.54) is 17.1 Å². The van der Waals surface area contributed by atoms with Gasteiger partial charge in [-0.3, -0.25) is 19.1 Å². The molecule has 0 aliphatic carbocycles. The Bertz CT molecular complexity index is 1310. The van der Waals surface area contributed by atoms with Crippen molar-refractivity contribution in [2.45, 2.75) is 6.54 Å². The van der Waals surface area contributed by atoms with Gasteiger partial charge in [-0.1, -0.05) is 29.3 Å². The Kier molecular flexibility index (Phi) is 6.16. The molecule has 0 spiro atoms. The van der Waals surface area contributed by atoms with Gasteiger partial charge in [-0.25, -0.2) is 4.98 Å². The van der Waals surface area contributed by atoms with Crippen LogP contribution in [0.4, 0.5) is 5.69 Å². The third kappa shape index (κ3) is 5.02. The van der Waals surface area contributed by atoms with Crippen molar-refractivity contribution in [1.82, 2.24) is 14.5 Å². The molecular formula is C22H16Cl2N4O3. The van der Waals surface area contributed by atoms with E-state index >= 15 is 0 Å². The minimum absolute atomic E-state index is 0.182. The van der Waals surface area contributed by atoms with Crippen molar-refractivity contribution in [3.8, 4) is 5.75 Å². The number of halogens is 2. The Balaban J connectivity index is 1.52. The van der Waals surface area contributed by atoms with Crippen LogP contribution in [0.15, 0.2) is 72.0 Å². The fourth-order valence-electron chi connectivity index (χ4n) is 2.96. The number of anilines is 1. The largest absolute Gasteiger partial charge is 0.482 e. The molecule has 0 fully saturated rings. The quantitative estimate of drug-likeness (QED) is 0.472. The number of carbonyl (C=O) groups excluding carboxylic acids is 1. The van der Waals surface area contributed by atoms with Crippen molar-refractivity contribution < 1.29 is 9.53 Å². The lowest BCUT2D eigenvalue weighted by Gasteiger charge is -2.10. The van der Waals surface area contributed by atoms with Crippen LogP contribution in [0.1, 0.15) is 5.56 Å². The molecule has 0 radical (unpaired) electrons. The first-order valence-corrected chi connectivity index (χ1v) is 10.0. The highest BCUT2D eigenvalue weighted by Crippen LogP contribution is 2.23. The molecule has 2 aromatic heterocycles. The van der Waals surface area contributed by atoms with Gasteiger partial charge in [0, 0.05) is 11.9 Å². The molecule has 4 aromatic rings. The summed E-state index contributed by atoms with van der Waals surface area (Å²) in [7, 11) is 0. The first-order chi connectivity index (χ1) is 15.0. The van der Waals surface area contributed by atoms with Crippen molar-refractivity contribution in [3.63, 3.8) is 0 Å². The second-order valence-corrected chi connectivity index (χ2v) is 7.50. The lowest BCUT2D eigenvalue weighted by atomic mass is 10.2. The molecule has 0 saturated carbocycles. The number of hydrogen-bond acceptors (Lipinski definition) is 5. The molecule has 0 aliphatic rings. The van der Waals surface area contributed by atoms with Gasteiger partial charge >= 0.3 is 0 Å². The maximum atomic E-state index is 13.0. The average molecular weight is 455 g/mol. The minimum atomic E-state index is -0.358. The Morgan fingerprint density at radius 2 is 1.97 bits per heavy atom. The Labute approximate surface area is 187 Å². The molecule has 0 bridgehead atoms. The minimum Gasteiger partial charge on any atom is -0.482 e. The lowest BCUT2D eigenvalue weighted by Crippen LogP contribution is -2.22. The second kappa shape index (κ2) is 9.16. The number of nitrogens with one attached hydrogen (secondary N) is 1. The molecular weight excluding hydrogens is 439 g/mol. The summed E-state index contributed by atoms with van der Waals surface area (Å²) in [6.07, 6.45) is 4.61. The predicted octanol–water partition coefficient (Wildman–Crippen LogP) is 4.16. The van der Waals surface area contributed by atoms with Crippen molar-refractivity contribution >= 4 is 45.7 Å². The van der Waals surface area contributed by atoms with Crippen LogP contribution >= 0.6 is 23.2 Å². The molecule has 1 amide bonds. The van der Waals surface area contributed by atoms with Crippen molar-refractivity contribution in [2.75, 3.05) is 11.9 Å². The summed E-state index contributed by atoms with van der Waals surface area (Å²) in [5.74, 6) is 0.133. The van der Waals surface area contributed by atoms with Gasteiger partial charge in [0.1, 0.15) is 5.75 Å². The topological polar surface area (TPSA) is 86.1 Å². The number of carbonyl (C=O) groups is 1. The normalized spacial score (nSPS) is 10.8. The zero-order valence-electron chi connectivity index (χ0n) is 16.1. The molecule has 0 saturated heterocycles. The summed E-state index contributed by atoms with van der Waals surface area (Å²) in [5.41, 5.74) is 1.58. The van der Waals surface area contributed by atoms with E-state index in [0.717, 1.165) is 5.56 Å². The lowest BCUT2D eigenvalue weighted by molar-refractivity contribution is -0.118. The highest BCUT2D eigenvalue weighted by molar-refractivity contribution is 6.42. The second-order valence-electron chi connectivity index (χ2n) is 6.68. The molecule has 31 heavy (non-hydrogen) atoms. The van der Waals surface area contributed by atoms with Gasteiger partial charge < -0.3 is 10.1 Å². The Morgan fingerprint density at radius 1 is 1.10 bits per heavy atom. The van der Waals surface area contributed by atoms with Gasteiger partial charge in [0.15, 0.2) is 6.61 Å². The standard InChI is InChI=1S/C22H16Cl2N4O3/c23-18-5-3-14(8-19(18)24)11-28-13-26-20-6-4-15(9-17(20)22(28)30)27-21(29)12-31-16-2-1-7-25-10-16/h1-10,13H,11-12H2,(H,27,29). The van der Waals surface area contributed by atoms with Crippen molar-refractivity contribution in [1.29, 1.82) is 0 Å². The molecule has 0 unspecified atom stereocenters. The van der Waals surface area contributed by atoms with E-state index in [0.29, 0.717) is 32.4 Å². The number of ether oxygens (including phenoxy) is 1. The fraction of sp³-hybridized carbons (Fsp3) is 0.0909. The summed E-state index contributed by atoms with van der Waals surface area (Å²) >= 11 is 12.0. The summed E-state index contributed by atoms with van der Waals surface area (Å²) < 4.78 is 6.85. The van der Waals surface area contributed by atoms with Crippen LogP contribution in [-0.2, 0) is 11.3 Å². The SMILES string of the molecule is O=C(COc1cccnc1)Nc1ccc2ncn(Cc3ccc(Cl)c(Cl)c3)c(=O)c2c1. The van der Waals surface area contributed by atoms with Crippen molar-refractivity contribution in [2.24, 2.45) is 0 Å². The summed E-state index contributed by atoms with van der Waals surface area (Å²) in [5, 5.41) is 3.97. The van der Waals surface area contributed by atoms with E-state index in [-0.39, 0.29) is 24.6 Å². The first-order valence-electron chi connectivity index (χ1n) is 9.25. The first kappa shape index (κ1) is 20.8. The van der Waals surface area contributed by atoms with E-state index in [1.807, 2.05) is 0 Å². The molecule has 7 nitrogen and oxygen atoms in total. The van der Waals surface area contributed by atoms with Crippen LogP contribution in [-0.4, -0.2) is 27.0 Å². The fourth-order valence-corrected chi connectivity index (χ4v) is 3.28. The molecule has 2 heterocycles. The summed E-state index contributed by atoms with van der Waals surface area (Å²) in [4.78, 5) is 33.4. The van der Waals surface area contributed by atoms with Gasteiger partial charge in [0.2, 0.25) is 0 Å². The Morgan fingerprint density at radius 3 is 2.74 bits per heavy atom. The van der Waals surface area contributed by atoms with Crippen LogP contribution in [0.25, 0.3) is 10.9 Å². The Hall–Kier alpha value is -3.42. The molecule has 156 valence electrons. The summed E-state index contributed by atoms with van der Waals surface area (Å²) in [6.45, 7) is 0.104. The highest BCUT2D eigenvalue weighted by atomic mass is 35.5. The van der Waals surface area contributed by atoms with E-state index < -0.39 is 0 Å². The van der Waals surface area contributed by atoms with Crippen molar-refractivity contribution in [3.05, 3.63) is 93.2 Å². The number of aromatic nitrogens is 3. The monoisotopic (exact) mass is 454 g/mol. The molecule has 1 N–H and O–H groups in total. The number of amides is 1. The van der Waals surface area contributed by atoms with Crippen LogP contribution in [0.2, 0.25) is 10.0 Å². The number of benzene rings is 2. The molecule has 0 atom stereocenters. The van der Waals surface area contributed by atoms with Gasteiger partial charge in [0.25, 0.3) is 11.5 Å². The molecule has 2 aromatic carbocycles. The number of hydrogen-bond donors (Lipinski definition) is 1. The van der Waals surface area contributed by atoms with Gasteiger partial charge in [0.05, 0.1) is 40.0 Å². The van der Waals surface area contributed by atoms with E-state index in [9.17, 15) is 9.59 Å². The van der Waals surface area contributed by atoms with E-state index in [1.54, 1.807) is 54.7 Å². The number of pyridine rings is 1. The van der Waals surface area contributed by atoms with Gasteiger partial charge in [-0.2, -0.15) is 0 Å². The van der Waals surface area contributed by atoms with Crippen LogP contribution in [0.5, 0.6) is 5.75 Å². The van der Waals surface area contributed by atoms with Gasteiger partial charge in [-0.05, 0) is 48.0 Å². The zero-order chi connectivity index (χ0) is 21.8. The number of fused-ring (bicyclic) bond motifs is 1. The molecule has 4 rings (SSSR count). The third-order valence-electron chi connectivity index (χ3n) is 4.45. The van der Waals surface area contributed by atoms with E-state index in [2.05, 4.69) is 15.3 Å². The summed E-state index contributed by atoms with van der Waals surface area (Å²) in [6, 6.07) is 13.6. The van der Waals surface area contributed by atoms with Gasteiger partial charge in [-0.15, -0.1) is 0 Å². The van der Waals surface area contributed by atoms with Crippen LogP contribution < -0.4 is 15.6 Å². The predicted molar refractivity (Wildman–Crippen MR) is 120 cm³/mol. The van der Waals surface area contributed by atoms with Crippen LogP contribution in [0.3, 0.4) is 0 Å². The third-order valence-corrected chi connectivity index (χ3v) is 5.19. The zero-order valence-corrected chi connectivity index (χ0v) is 17.6.